The lowest BCUT2D eigenvalue weighted by Gasteiger charge is -2.29. The second-order valence-corrected chi connectivity index (χ2v) is 10.1. The second kappa shape index (κ2) is 8.95. The molecule has 0 spiro atoms. The van der Waals surface area contributed by atoms with Crippen molar-refractivity contribution in [1.29, 1.82) is 0 Å². The van der Waals surface area contributed by atoms with Crippen molar-refractivity contribution >= 4 is 44.8 Å². The van der Waals surface area contributed by atoms with Gasteiger partial charge in [-0.1, -0.05) is 42.5 Å². The fraction of sp³-hybridized carbons (Fsp3) is 0.214. The van der Waals surface area contributed by atoms with Gasteiger partial charge in [-0.25, -0.2) is 4.98 Å². The normalized spacial score (nSPS) is 16.7. The Morgan fingerprint density at radius 1 is 1.12 bits per heavy atom. The van der Waals surface area contributed by atoms with Gasteiger partial charge in [0.1, 0.15) is 10.8 Å². The molecule has 172 valence electrons. The topological polar surface area (TPSA) is 63.2 Å². The molecule has 1 aromatic heterocycles. The van der Waals surface area contributed by atoms with Crippen molar-refractivity contribution in [3.8, 4) is 5.75 Å². The third-order valence-electron chi connectivity index (χ3n) is 6.11. The molecule has 2 N–H and O–H groups in total. The highest BCUT2D eigenvalue weighted by atomic mass is 32.1. The molecule has 3 aromatic carbocycles. The quantitative estimate of drug-likeness (QED) is 0.348. The number of rotatable bonds is 6. The minimum Gasteiger partial charge on any atom is -0.497 e. The van der Waals surface area contributed by atoms with Gasteiger partial charge in [-0.15, -0.1) is 11.3 Å². The van der Waals surface area contributed by atoms with Gasteiger partial charge in [0.05, 0.1) is 35.3 Å². The molecule has 0 saturated carbocycles. The van der Waals surface area contributed by atoms with E-state index in [0.717, 1.165) is 43.4 Å². The maximum Gasteiger partial charge on any atom is 0.225 e. The summed E-state index contributed by atoms with van der Waals surface area (Å²) < 4.78 is 6.49. The van der Waals surface area contributed by atoms with E-state index in [0.29, 0.717) is 0 Å². The van der Waals surface area contributed by atoms with Crippen molar-refractivity contribution in [1.82, 2.24) is 10.3 Å². The van der Waals surface area contributed by atoms with E-state index in [1.54, 1.807) is 18.4 Å². The molecule has 0 fully saturated rings. The predicted molar refractivity (Wildman–Crippen MR) is 140 cm³/mol. The Morgan fingerprint density at radius 2 is 1.91 bits per heavy atom. The van der Waals surface area contributed by atoms with Gasteiger partial charge in [0.15, 0.2) is 0 Å². The fourth-order valence-electron chi connectivity index (χ4n) is 4.44. The molecule has 1 aliphatic heterocycles. The first-order chi connectivity index (χ1) is 16.4. The van der Waals surface area contributed by atoms with Crippen LogP contribution in [0.25, 0.3) is 21.9 Å². The molecule has 6 heteroatoms. The summed E-state index contributed by atoms with van der Waals surface area (Å²) in [6.07, 6.45) is 2.26. The Labute approximate surface area is 203 Å². The SMILES string of the molecule is COc1cccc(/C=C(/CC(=O)NC2c3ccccc3NC2(C)C)c2nc3ccccc3s2)c1. The minimum atomic E-state index is -0.286. The van der Waals surface area contributed by atoms with Crippen molar-refractivity contribution in [2.75, 3.05) is 12.4 Å². The molecule has 5 rings (SSSR count). The average Bonchev–Trinajstić information content (AvgIpc) is 3.37. The second-order valence-electron chi connectivity index (χ2n) is 9.04. The van der Waals surface area contributed by atoms with Gasteiger partial charge in [0.2, 0.25) is 5.91 Å². The zero-order valence-corrected chi connectivity index (χ0v) is 20.3. The molecule has 0 aliphatic carbocycles. The first-order valence-corrected chi connectivity index (χ1v) is 12.1. The fourth-order valence-corrected chi connectivity index (χ4v) is 5.42. The summed E-state index contributed by atoms with van der Waals surface area (Å²) in [7, 11) is 1.65. The van der Waals surface area contributed by atoms with Crippen LogP contribution in [-0.2, 0) is 4.79 Å². The van der Waals surface area contributed by atoms with Crippen LogP contribution in [-0.4, -0.2) is 23.5 Å². The van der Waals surface area contributed by atoms with Crippen molar-refractivity contribution in [2.24, 2.45) is 0 Å². The third kappa shape index (κ3) is 4.41. The van der Waals surface area contributed by atoms with Crippen LogP contribution in [0.3, 0.4) is 0 Å². The number of fused-ring (bicyclic) bond motifs is 2. The van der Waals surface area contributed by atoms with Gasteiger partial charge in [0, 0.05) is 5.69 Å². The van der Waals surface area contributed by atoms with E-state index in [2.05, 4.69) is 42.7 Å². The van der Waals surface area contributed by atoms with E-state index in [-0.39, 0.29) is 23.9 Å². The van der Waals surface area contributed by atoms with Gasteiger partial charge >= 0.3 is 0 Å². The van der Waals surface area contributed by atoms with E-state index in [4.69, 9.17) is 9.72 Å². The van der Waals surface area contributed by atoms with Crippen LogP contribution in [0.5, 0.6) is 5.75 Å². The minimum absolute atomic E-state index is 0.0371. The Bertz CT molecular complexity index is 1360. The lowest BCUT2D eigenvalue weighted by molar-refractivity contribution is -0.121. The molecular formula is C28H27N3O2S. The van der Waals surface area contributed by atoms with E-state index < -0.39 is 0 Å². The highest BCUT2D eigenvalue weighted by molar-refractivity contribution is 7.19. The molecule has 1 amide bonds. The predicted octanol–water partition coefficient (Wildman–Crippen LogP) is 6.30. The van der Waals surface area contributed by atoms with Crippen molar-refractivity contribution < 1.29 is 9.53 Å². The Balaban J connectivity index is 1.47. The lowest BCUT2D eigenvalue weighted by atomic mass is 9.93. The Kier molecular flexibility index (Phi) is 5.84. The monoisotopic (exact) mass is 469 g/mol. The summed E-state index contributed by atoms with van der Waals surface area (Å²) in [5, 5.41) is 7.66. The Morgan fingerprint density at radius 3 is 2.74 bits per heavy atom. The highest BCUT2D eigenvalue weighted by Crippen LogP contribution is 2.41. The summed E-state index contributed by atoms with van der Waals surface area (Å²) in [4.78, 5) is 18.2. The number of carbonyl (C=O) groups is 1. The van der Waals surface area contributed by atoms with Crippen LogP contribution in [0.4, 0.5) is 5.69 Å². The number of ether oxygens (including phenoxy) is 1. The Hall–Kier alpha value is -3.64. The number of nitrogens with one attached hydrogen (secondary N) is 2. The zero-order valence-electron chi connectivity index (χ0n) is 19.5. The van der Waals surface area contributed by atoms with Crippen LogP contribution < -0.4 is 15.4 Å². The standard InChI is InChI=1S/C28H27N3O2S/c1-28(2)26(21-11-4-5-12-22(21)31-28)30-25(32)17-19(15-18-9-8-10-20(16-18)33-3)27-29-23-13-6-7-14-24(23)34-27/h4-16,26,31H,17H2,1-3H3,(H,30,32)/b19-15-. The van der Waals surface area contributed by atoms with Gasteiger partial charge in [-0.3, -0.25) is 4.79 Å². The molecule has 1 atom stereocenters. The van der Waals surface area contributed by atoms with Gasteiger partial charge < -0.3 is 15.4 Å². The molecule has 34 heavy (non-hydrogen) atoms. The molecule has 0 bridgehead atoms. The third-order valence-corrected chi connectivity index (χ3v) is 7.22. The molecule has 1 unspecified atom stereocenters. The van der Waals surface area contributed by atoms with Crippen LogP contribution in [0.1, 0.15) is 42.4 Å². The van der Waals surface area contributed by atoms with E-state index in [1.807, 2.05) is 60.7 Å². The number of hydrogen-bond acceptors (Lipinski definition) is 5. The number of methoxy groups -OCH3 is 1. The number of benzene rings is 3. The molecule has 4 aromatic rings. The molecule has 0 radical (unpaired) electrons. The number of anilines is 1. The van der Waals surface area contributed by atoms with Crippen LogP contribution in [0.15, 0.2) is 72.8 Å². The van der Waals surface area contributed by atoms with E-state index in [9.17, 15) is 4.79 Å². The summed E-state index contributed by atoms with van der Waals surface area (Å²) in [5.74, 6) is 0.738. The molecular weight excluding hydrogens is 442 g/mol. The maximum atomic E-state index is 13.4. The first kappa shape index (κ1) is 22.2. The largest absolute Gasteiger partial charge is 0.497 e. The lowest BCUT2D eigenvalue weighted by Crippen LogP contribution is -2.42. The van der Waals surface area contributed by atoms with Crippen molar-refractivity contribution in [3.05, 3.63) is 88.9 Å². The first-order valence-electron chi connectivity index (χ1n) is 11.3. The summed E-state index contributed by atoms with van der Waals surface area (Å²) in [6.45, 7) is 4.22. The van der Waals surface area contributed by atoms with Gasteiger partial charge in [0.25, 0.3) is 0 Å². The number of thiazole rings is 1. The number of carbonyl (C=O) groups excluding carboxylic acids is 1. The highest BCUT2D eigenvalue weighted by Gasteiger charge is 2.39. The van der Waals surface area contributed by atoms with Crippen molar-refractivity contribution in [3.63, 3.8) is 0 Å². The van der Waals surface area contributed by atoms with E-state index in [1.165, 1.54) is 0 Å². The number of amides is 1. The maximum absolute atomic E-state index is 13.4. The number of nitrogens with zero attached hydrogens (tertiary/aromatic N) is 1. The smallest absolute Gasteiger partial charge is 0.225 e. The van der Waals surface area contributed by atoms with Crippen LogP contribution >= 0.6 is 11.3 Å². The molecule has 1 aliphatic rings. The molecule has 0 saturated heterocycles. The average molecular weight is 470 g/mol. The van der Waals surface area contributed by atoms with Crippen LogP contribution in [0, 0.1) is 0 Å². The van der Waals surface area contributed by atoms with E-state index >= 15 is 0 Å². The summed E-state index contributed by atoms with van der Waals surface area (Å²) in [5.41, 5.74) is 4.68. The van der Waals surface area contributed by atoms with Gasteiger partial charge in [-0.05, 0) is 67.0 Å². The molecule has 2 heterocycles. The zero-order chi connectivity index (χ0) is 23.7. The van der Waals surface area contributed by atoms with Crippen molar-refractivity contribution in [2.45, 2.75) is 31.8 Å². The summed E-state index contributed by atoms with van der Waals surface area (Å²) in [6, 6.07) is 23.9. The number of aromatic nitrogens is 1. The molecule has 5 nitrogen and oxygen atoms in total. The van der Waals surface area contributed by atoms with Crippen LogP contribution in [0.2, 0.25) is 0 Å². The summed E-state index contributed by atoms with van der Waals surface area (Å²) >= 11 is 1.60. The number of para-hydroxylation sites is 2. The van der Waals surface area contributed by atoms with Gasteiger partial charge in [-0.2, -0.15) is 0 Å². The number of hydrogen-bond donors (Lipinski definition) is 2.